The Morgan fingerprint density at radius 2 is 1.96 bits per heavy atom. The topological polar surface area (TPSA) is 90.5 Å². The number of fused-ring (bicyclic) bond motifs is 3. The normalized spacial score (nSPS) is 13.3. The summed E-state index contributed by atoms with van der Waals surface area (Å²) in [4.78, 5) is 0. The largest absolute Gasteiger partial charge is 0.507 e. The Balaban J connectivity index is 0.000000647. The smallest absolute Gasteiger partial charge is 0.146 e. The number of aryl methyl sites for hydroxylation is 1. The molecule has 130 valence electrons. The lowest BCUT2D eigenvalue weighted by Crippen LogP contribution is -2.02. The number of hydrogen-bond donors (Lipinski definition) is 2. The first kappa shape index (κ1) is 18.0. The molecular weight excluding hydrogens is 306 g/mol. The van der Waals surface area contributed by atoms with Gasteiger partial charge in [-0.05, 0) is 36.1 Å². The van der Waals surface area contributed by atoms with E-state index in [0.717, 1.165) is 24.0 Å². The number of ether oxygens (including phenoxy) is 2. The summed E-state index contributed by atoms with van der Waals surface area (Å²) in [6.45, 7) is 5.28. The molecule has 1 aromatic carbocycles. The molecule has 0 bridgehead atoms. The average molecular weight is 331 g/mol. The van der Waals surface area contributed by atoms with E-state index in [1.807, 2.05) is 6.07 Å². The number of nitrogen functional groups attached to an aromatic ring is 1. The summed E-state index contributed by atoms with van der Waals surface area (Å²) in [6.07, 6.45) is 2.89. The number of phenols is 1. The Morgan fingerprint density at radius 3 is 2.67 bits per heavy atom. The van der Waals surface area contributed by atoms with Gasteiger partial charge >= 0.3 is 0 Å². The second-order valence-electron chi connectivity index (χ2n) is 5.69. The zero-order valence-corrected chi connectivity index (χ0v) is 14.5. The van der Waals surface area contributed by atoms with E-state index < -0.39 is 0 Å². The van der Waals surface area contributed by atoms with Crippen molar-refractivity contribution in [1.82, 2.24) is 10.2 Å². The number of hydrogen-bond acceptors (Lipinski definition) is 6. The van der Waals surface area contributed by atoms with E-state index in [1.54, 1.807) is 19.2 Å². The molecule has 2 aromatic rings. The number of benzene rings is 1. The Morgan fingerprint density at radius 1 is 1.21 bits per heavy atom. The zero-order valence-electron chi connectivity index (χ0n) is 14.5. The lowest BCUT2D eigenvalue weighted by molar-refractivity contribution is 0.119. The Labute approximate surface area is 142 Å². The fraction of sp³-hybridized carbons (Fsp3) is 0.444. The van der Waals surface area contributed by atoms with E-state index in [-0.39, 0.29) is 5.75 Å². The van der Waals surface area contributed by atoms with E-state index in [1.165, 1.54) is 6.42 Å². The fourth-order valence-electron chi connectivity index (χ4n) is 2.56. The maximum Gasteiger partial charge on any atom is 0.146 e. The van der Waals surface area contributed by atoms with Crippen LogP contribution in [-0.2, 0) is 17.8 Å². The molecule has 6 heteroatoms. The van der Waals surface area contributed by atoms with Gasteiger partial charge in [-0.25, -0.2) is 0 Å². The number of aromatic nitrogens is 2. The molecule has 0 unspecified atom stereocenters. The van der Waals surface area contributed by atoms with Gasteiger partial charge in [0.05, 0.1) is 13.7 Å². The summed E-state index contributed by atoms with van der Waals surface area (Å²) < 4.78 is 10.9. The van der Waals surface area contributed by atoms with Crippen LogP contribution in [0.5, 0.6) is 11.5 Å². The van der Waals surface area contributed by atoms with Gasteiger partial charge in [-0.15, -0.1) is 10.2 Å². The van der Waals surface area contributed by atoms with Crippen LogP contribution >= 0.6 is 0 Å². The van der Waals surface area contributed by atoms with Crippen LogP contribution in [0, 0.1) is 0 Å². The number of anilines is 1. The van der Waals surface area contributed by atoms with Gasteiger partial charge in [-0.3, -0.25) is 0 Å². The second-order valence-corrected chi connectivity index (χ2v) is 5.69. The van der Waals surface area contributed by atoms with Crippen molar-refractivity contribution in [3.05, 3.63) is 29.3 Å². The Bertz CT molecular complexity index is 689. The number of methoxy groups -OCH3 is 1. The third kappa shape index (κ3) is 4.14. The standard InChI is InChI=1S/C15H17N3O3.C3H8/c1-20-11-5-10-8-21-4-2-3-9-6-13(16)17-18-15(9)14(10)12(19)7-11;1-3-2/h5-7,19H,2-4,8H2,1H3,(H2,16,17);3H2,1-2H3. The zero-order chi connectivity index (χ0) is 17.5. The van der Waals surface area contributed by atoms with E-state index in [9.17, 15) is 5.11 Å². The summed E-state index contributed by atoms with van der Waals surface area (Å²) in [5.41, 5.74) is 8.82. The van der Waals surface area contributed by atoms with Gasteiger partial charge in [0.15, 0.2) is 0 Å². The van der Waals surface area contributed by atoms with Crippen molar-refractivity contribution in [2.45, 2.75) is 39.7 Å². The van der Waals surface area contributed by atoms with E-state index in [2.05, 4.69) is 24.0 Å². The van der Waals surface area contributed by atoms with Crippen molar-refractivity contribution in [2.75, 3.05) is 19.5 Å². The number of phenolic OH excluding ortho intramolecular Hbond substituents is 1. The van der Waals surface area contributed by atoms with E-state index in [0.29, 0.717) is 36.0 Å². The van der Waals surface area contributed by atoms with Gasteiger partial charge in [0, 0.05) is 18.2 Å². The monoisotopic (exact) mass is 331 g/mol. The van der Waals surface area contributed by atoms with Gasteiger partial charge in [0.1, 0.15) is 23.0 Å². The van der Waals surface area contributed by atoms with Gasteiger partial charge in [-0.2, -0.15) is 0 Å². The van der Waals surface area contributed by atoms with Gasteiger partial charge in [-0.1, -0.05) is 20.3 Å². The Kier molecular flexibility index (Phi) is 6.37. The molecule has 24 heavy (non-hydrogen) atoms. The van der Waals surface area contributed by atoms with Crippen molar-refractivity contribution < 1.29 is 14.6 Å². The highest BCUT2D eigenvalue weighted by Crippen LogP contribution is 2.38. The quantitative estimate of drug-likeness (QED) is 0.833. The molecule has 0 amide bonds. The highest BCUT2D eigenvalue weighted by molar-refractivity contribution is 5.75. The molecule has 0 radical (unpaired) electrons. The molecule has 0 saturated heterocycles. The van der Waals surface area contributed by atoms with Crippen molar-refractivity contribution in [2.24, 2.45) is 0 Å². The lowest BCUT2D eigenvalue weighted by atomic mass is 9.98. The average Bonchev–Trinajstić information content (AvgIpc) is 2.64. The molecule has 6 nitrogen and oxygen atoms in total. The third-order valence-corrected chi connectivity index (χ3v) is 3.53. The molecule has 1 aliphatic rings. The van der Waals surface area contributed by atoms with Crippen molar-refractivity contribution in [3.63, 3.8) is 0 Å². The summed E-state index contributed by atoms with van der Waals surface area (Å²) >= 11 is 0. The van der Waals surface area contributed by atoms with Crippen LogP contribution in [0.1, 0.15) is 37.8 Å². The number of nitrogens with zero attached hydrogens (tertiary/aromatic N) is 2. The van der Waals surface area contributed by atoms with E-state index >= 15 is 0 Å². The lowest BCUT2D eigenvalue weighted by Gasteiger charge is -2.14. The van der Waals surface area contributed by atoms with Crippen molar-refractivity contribution in [1.29, 1.82) is 0 Å². The minimum absolute atomic E-state index is 0.107. The molecule has 0 spiro atoms. The molecule has 2 heterocycles. The SMILES string of the molecule is CCC.COc1cc(O)c2c(c1)COCCCc1cc(N)nnc1-2. The van der Waals surface area contributed by atoms with Gasteiger partial charge in [0.25, 0.3) is 0 Å². The number of aromatic hydroxyl groups is 1. The van der Waals surface area contributed by atoms with Crippen molar-refractivity contribution >= 4 is 5.82 Å². The molecule has 1 aromatic heterocycles. The first-order valence-electron chi connectivity index (χ1n) is 8.20. The fourth-order valence-corrected chi connectivity index (χ4v) is 2.56. The minimum Gasteiger partial charge on any atom is -0.507 e. The number of rotatable bonds is 1. The van der Waals surface area contributed by atoms with E-state index in [4.69, 9.17) is 15.2 Å². The maximum atomic E-state index is 10.4. The maximum absolute atomic E-state index is 10.4. The molecule has 0 fully saturated rings. The van der Waals surface area contributed by atoms with Gasteiger partial charge in [0.2, 0.25) is 0 Å². The Hall–Kier alpha value is -2.34. The third-order valence-electron chi connectivity index (χ3n) is 3.53. The van der Waals surface area contributed by atoms with Crippen LogP contribution in [0.3, 0.4) is 0 Å². The predicted octanol–water partition coefficient (Wildman–Crippen LogP) is 3.32. The summed E-state index contributed by atoms with van der Waals surface area (Å²) in [6, 6.07) is 5.22. The number of nitrogens with two attached hydrogens (primary N) is 1. The van der Waals surface area contributed by atoms with Crippen LogP contribution in [0.4, 0.5) is 5.82 Å². The summed E-state index contributed by atoms with van der Waals surface area (Å²) in [5, 5.41) is 18.5. The minimum atomic E-state index is 0.107. The molecule has 0 atom stereocenters. The molecule has 3 rings (SSSR count). The summed E-state index contributed by atoms with van der Waals surface area (Å²) in [7, 11) is 1.56. The highest BCUT2D eigenvalue weighted by Gasteiger charge is 2.20. The van der Waals surface area contributed by atoms with Crippen LogP contribution in [0.15, 0.2) is 18.2 Å². The first-order valence-corrected chi connectivity index (χ1v) is 8.20. The van der Waals surface area contributed by atoms with Gasteiger partial charge < -0.3 is 20.3 Å². The highest BCUT2D eigenvalue weighted by atomic mass is 16.5. The molecular formula is C18H25N3O3. The van der Waals surface area contributed by atoms with Crippen LogP contribution in [0.2, 0.25) is 0 Å². The molecule has 3 N–H and O–H groups in total. The van der Waals surface area contributed by atoms with Crippen LogP contribution in [0.25, 0.3) is 11.3 Å². The predicted molar refractivity (Wildman–Crippen MR) is 94.0 cm³/mol. The molecule has 0 saturated carbocycles. The van der Waals surface area contributed by atoms with Crippen LogP contribution < -0.4 is 10.5 Å². The summed E-state index contributed by atoms with van der Waals surface area (Å²) in [5.74, 6) is 1.07. The van der Waals surface area contributed by atoms with Crippen molar-refractivity contribution in [3.8, 4) is 22.8 Å². The second kappa shape index (κ2) is 8.49. The van der Waals surface area contributed by atoms with Crippen LogP contribution in [-0.4, -0.2) is 29.0 Å². The first-order chi connectivity index (χ1) is 11.6. The molecule has 0 aliphatic carbocycles. The molecule has 1 aliphatic heterocycles.